The fraction of sp³-hybridized carbons (Fsp3) is 0.292. The first-order valence-corrected chi connectivity index (χ1v) is 11.9. The second-order valence-corrected chi connectivity index (χ2v) is 8.99. The molecule has 0 saturated carbocycles. The van der Waals surface area contributed by atoms with Gasteiger partial charge in [0.1, 0.15) is 23.0 Å². The first-order chi connectivity index (χ1) is 18.1. The number of ether oxygens (including phenoxy) is 1. The summed E-state index contributed by atoms with van der Waals surface area (Å²) >= 11 is 5.91. The second-order valence-electron chi connectivity index (χ2n) is 8.60. The molecule has 2 aliphatic rings. The number of nitrogens with one attached hydrogen (secondary N) is 1. The van der Waals surface area contributed by atoms with Crippen molar-refractivity contribution in [2.45, 2.75) is 37.6 Å². The lowest BCUT2D eigenvalue weighted by Gasteiger charge is -2.38. The minimum absolute atomic E-state index is 0.123. The summed E-state index contributed by atoms with van der Waals surface area (Å²) in [6.45, 7) is 0. The largest absolute Gasteiger partial charge is 0.494 e. The van der Waals surface area contributed by atoms with Crippen molar-refractivity contribution in [3.05, 3.63) is 71.5 Å². The van der Waals surface area contributed by atoms with E-state index in [9.17, 15) is 22.4 Å². The molecular weight excluding hydrogens is 532 g/mol. The predicted molar refractivity (Wildman–Crippen MR) is 129 cm³/mol. The molecule has 2 unspecified atom stereocenters. The summed E-state index contributed by atoms with van der Waals surface area (Å²) in [7, 11) is 1.46. The van der Waals surface area contributed by atoms with Crippen molar-refractivity contribution >= 4 is 29.2 Å². The number of methoxy groups -OCH3 is 1. The highest BCUT2D eigenvalue weighted by Gasteiger charge is 2.48. The molecule has 0 aliphatic carbocycles. The van der Waals surface area contributed by atoms with Gasteiger partial charge in [-0.25, -0.2) is 14.2 Å². The third-order valence-corrected chi connectivity index (χ3v) is 6.38. The average molecular weight is 553 g/mol. The molecule has 1 fully saturated rings. The van der Waals surface area contributed by atoms with Crippen LogP contribution in [-0.2, 0) is 9.63 Å². The summed E-state index contributed by atoms with van der Waals surface area (Å²) in [4.78, 5) is 20.6. The van der Waals surface area contributed by atoms with Gasteiger partial charge in [-0.3, -0.25) is 5.01 Å². The average Bonchev–Trinajstić information content (AvgIpc) is 3.47. The normalized spacial score (nSPS) is 19.2. The molecule has 2 atom stereocenters. The van der Waals surface area contributed by atoms with Gasteiger partial charge in [-0.1, -0.05) is 23.7 Å². The number of aromatic nitrogens is 2. The number of anilines is 1. The highest BCUT2D eigenvalue weighted by Crippen LogP contribution is 2.40. The Kier molecular flexibility index (Phi) is 6.78. The van der Waals surface area contributed by atoms with Gasteiger partial charge < -0.3 is 19.5 Å². The van der Waals surface area contributed by atoms with Crippen LogP contribution in [0.5, 0.6) is 5.75 Å². The summed E-state index contributed by atoms with van der Waals surface area (Å²) < 4.78 is 60.0. The lowest BCUT2D eigenvalue weighted by molar-refractivity contribution is -0.237. The molecule has 3 aromatic rings. The molecule has 5 rings (SSSR count). The molecular formula is C24H21ClF4N6O3. The molecule has 1 N–H and O–H groups in total. The van der Waals surface area contributed by atoms with E-state index in [4.69, 9.17) is 21.2 Å². The quantitative estimate of drug-likeness (QED) is 0.433. The van der Waals surface area contributed by atoms with Crippen LogP contribution in [0.1, 0.15) is 30.9 Å². The zero-order valence-corrected chi connectivity index (χ0v) is 20.6. The summed E-state index contributed by atoms with van der Waals surface area (Å²) in [6, 6.07) is 10.4. The smallest absolute Gasteiger partial charge is 0.493 e. The number of hydrogen-bond acceptors (Lipinski definition) is 8. The Balaban J connectivity index is 1.47. The molecule has 0 spiro atoms. The van der Waals surface area contributed by atoms with E-state index in [1.54, 1.807) is 46.1 Å². The molecule has 2 aliphatic heterocycles. The van der Waals surface area contributed by atoms with E-state index in [1.165, 1.54) is 25.6 Å². The molecule has 9 nitrogen and oxygen atoms in total. The number of fused-ring (bicyclic) bond motifs is 1. The zero-order valence-electron chi connectivity index (χ0n) is 19.8. The number of hydrazone groups is 1. The topological polar surface area (TPSA) is 84.2 Å². The molecule has 3 heterocycles. The number of hydrogen-bond donors (Lipinski definition) is 1. The molecule has 0 radical (unpaired) electrons. The van der Waals surface area contributed by atoms with Crippen LogP contribution in [0.4, 0.5) is 23.2 Å². The lowest BCUT2D eigenvalue weighted by Crippen LogP contribution is -2.49. The maximum atomic E-state index is 13.5. The minimum Gasteiger partial charge on any atom is -0.494 e. The van der Waals surface area contributed by atoms with Crippen LogP contribution in [0.15, 0.2) is 60.1 Å². The van der Waals surface area contributed by atoms with Gasteiger partial charge in [-0.05, 0) is 49.1 Å². The predicted octanol–water partition coefficient (Wildman–Crippen LogP) is 5.25. The first kappa shape index (κ1) is 25.6. The van der Waals surface area contributed by atoms with E-state index in [1.807, 2.05) is 0 Å². The maximum absolute atomic E-state index is 13.5. The summed E-state index contributed by atoms with van der Waals surface area (Å²) in [5.41, 5.74) is 1.75. The van der Waals surface area contributed by atoms with E-state index in [2.05, 4.69) is 15.4 Å². The summed E-state index contributed by atoms with van der Waals surface area (Å²) in [6.07, 6.45) is -1.32. The molecule has 38 heavy (non-hydrogen) atoms. The van der Waals surface area contributed by atoms with E-state index >= 15 is 0 Å². The Hall–Kier alpha value is -4.00. The van der Waals surface area contributed by atoms with Crippen molar-refractivity contribution in [3.8, 4) is 11.4 Å². The van der Waals surface area contributed by atoms with Crippen molar-refractivity contribution in [1.29, 1.82) is 0 Å². The van der Waals surface area contributed by atoms with E-state index in [0.29, 0.717) is 36.4 Å². The van der Waals surface area contributed by atoms with Crippen LogP contribution in [0, 0.1) is 5.82 Å². The Morgan fingerprint density at radius 3 is 2.58 bits per heavy atom. The number of imidazole rings is 1. The molecule has 1 saturated heterocycles. The lowest BCUT2D eigenvalue weighted by atomic mass is 9.95. The van der Waals surface area contributed by atoms with Gasteiger partial charge in [0.25, 0.3) is 5.96 Å². The number of alkyl halides is 3. The third kappa shape index (κ3) is 5.05. The molecule has 2 aromatic carbocycles. The van der Waals surface area contributed by atoms with Crippen molar-refractivity contribution in [1.82, 2.24) is 19.6 Å². The highest BCUT2D eigenvalue weighted by atomic mass is 35.5. The van der Waals surface area contributed by atoms with Crippen LogP contribution in [-0.4, -0.2) is 51.0 Å². The number of piperidine rings is 1. The summed E-state index contributed by atoms with van der Waals surface area (Å²) in [5.74, 6) is -2.50. The van der Waals surface area contributed by atoms with Crippen molar-refractivity contribution < 1.29 is 31.9 Å². The number of benzene rings is 2. The van der Waals surface area contributed by atoms with Crippen molar-refractivity contribution in [3.63, 3.8) is 0 Å². The van der Waals surface area contributed by atoms with Gasteiger partial charge in [0.2, 0.25) is 0 Å². The standard InChI is InChI=1S/C24H21ClF4N6O3/c1-37-19-11-16(9-10-18(19)33-12-20(25)30-13-33)31-23-32-34-17(14-5-7-15(26)8-6-14)3-2-4-21(34)35(23)38-22(36)24(27,28)29/h5-13,17,21H,2-4H2,1H3,(H,31,32). The fourth-order valence-corrected chi connectivity index (χ4v) is 4.63. The Morgan fingerprint density at radius 2 is 1.92 bits per heavy atom. The van der Waals surface area contributed by atoms with Crippen LogP contribution >= 0.6 is 11.6 Å². The van der Waals surface area contributed by atoms with Gasteiger partial charge >= 0.3 is 12.1 Å². The second kappa shape index (κ2) is 10.0. The maximum Gasteiger partial charge on any atom is 0.493 e. The number of guanidine groups is 1. The number of carbonyl (C=O) groups is 1. The van der Waals surface area contributed by atoms with Crippen LogP contribution in [0.2, 0.25) is 5.15 Å². The van der Waals surface area contributed by atoms with E-state index in [0.717, 1.165) is 10.6 Å². The third-order valence-electron chi connectivity index (χ3n) is 6.19. The van der Waals surface area contributed by atoms with Gasteiger partial charge in [0.15, 0.2) is 6.17 Å². The molecule has 200 valence electrons. The van der Waals surface area contributed by atoms with Crippen molar-refractivity contribution in [2.75, 3.05) is 12.4 Å². The van der Waals surface area contributed by atoms with Crippen LogP contribution in [0.3, 0.4) is 0 Å². The Labute approximate surface area is 219 Å². The Morgan fingerprint density at radius 1 is 1.16 bits per heavy atom. The Bertz CT molecular complexity index is 1360. The van der Waals surface area contributed by atoms with Crippen LogP contribution < -0.4 is 10.1 Å². The molecule has 0 bridgehead atoms. The first-order valence-electron chi connectivity index (χ1n) is 11.5. The van der Waals surface area contributed by atoms with Gasteiger partial charge in [0, 0.05) is 18.0 Å². The van der Waals surface area contributed by atoms with Gasteiger partial charge in [0.05, 0.1) is 18.8 Å². The number of rotatable bonds is 5. The summed E-state index contributed by atoms with van der Waals surface area (Å²) in [5, 5.41) is 10.1. The molecule has 14 heteroatoms. The van der Waals surface area contributed by atoms with Crippen molar-refractivity contribution in [2.24, 2.45) is 5.10 Å². The highest BCUT2D eigenvalue weighted by molar-refractivity contribution is 6.29. The van der Waals surface area contributed by atoms with E-state index in [-0.39, 0.29) is 17.2 Å². The van der Waals surface area contributed by atoms with Gasteiger partial charge in [-0.2, -0.15) is 13.2 Å². The molecule has 0 amide bonds. The zero-order chi connectivity index (χ0) is 27.0. The number of hydroxylamine groups is 2. The SMILES string of the molecule is COc1cc(NC2=NN3C(c4ccc(F)cc4)CCCC3N2OC(=O)C(F)(F)F)ccc1-n1cnc(Cl)c1. The molecule has 1 aromatic heterocycles. The van der Waals surface area contributed by atoms with Crippen LogP contribution in [0.25, 0.3) is 5.69 Å². The van der Waals surface area contributed by atoms with Gasteiger partial charge in [-0.15, -0.1) is 10.2 Å². The minimum atomic E-state index is -5.21. The number of carbonyl (C=O) groups excluding carboxylic acids is 1. The fourth-order valence-electron chi connectivity index (χ4n) is 4.48. The number of nitrogens with zero attached hydrogens (tertiary/aromatic N) is 5. The number of halogens is 5. The monoisotopic (exact) mass is 552 g/mol. The van der Waals surface area contributed by atoms with E-state index < -0.39 is 24.1 Å².